The van der Waals surface area contributed by atoms with Crippen LogP contribution in [-0.4, -0.2) is 47.3 Å². The zero-order valence-corrected chi connectivity index (χ0v) is 14.1. The number of hydrogen-bond donors (Lipinski definition) is 1. The van der Waals surface area contributed by atoms with Gasteiger partial charge in [-0.2, -0.15) is 0 Å². The lowest BCUT2D eigenvalue weighted by Gasteiger charge is -2.30. The zero-order valence-electron chi connectivity index (χ0n) is 13.3. The number of benzene rings is 1. The molecule has 1 N–H and O–H groups in total. The molecule has 4 nitrogen and oxygen atoms in total. The first-order valence-electron chi connectivity index (χ1n) is 7.85. The molecule has 23 heavy (non-hydrogen) atoms. The topological polar surface area (TPSA) is 39.6 Å². The van der Waals surface area contributed by atoms with Gasteiger partial charge in [-0.05, 0) is 24.1 Å². The van der Waals surface area contributed by atoms with Gasteiger partial charge in [-0.1, -0.05) is 41.9 Å². The summed E-state index contributed by atoms with van der Waals surface area (Å²) in [6.45, 7) is 3.06. The molecule has 1 aromatic heterocycles. The molecule has 1 aromatic carbocycles. The van der Waals surface area contributed by atoms with Crippen LogP contribution >= 0.6 is 11.6 Å². The van der Waals surface area contributed by atoms with Crippen molar-refractivity contribution in [3.05, 3.63) is 59.4 Å². The molecule has 0 aliphatic carbocycles. The van der Waals surface area contributed by atoms with Gasteiger partial charge in [-0.15, -0.1) is 0 Å². The second kappa shape index (κ2) is 6.87. The number of halogens is 1. The third-order valence-corrected chi connectivity index (χ3v) is 4.55. The number of rotatable bonds is 5. The average molecular weight is 332 g/mol. The molecular weight excluding hydrogens is 310 g/mol. The predicted molar refractivity (Wildman–Crippen MR) is 93.8 cm³/mol. The average Bonchev–Trinajstić information content (AvgIpc) is 2.89. The van der Waals surface area contributed by atoms with Gasteiger partial charge in [0.1, 0.15) is 5.15 Å². The van der Waals surface area contributed by atoms with Crippen molar-refractivity contribution in [2.24, 2.45) is 0 Å². The molecule has 1 atom stereocenters. The Bertz CT molecular complexity index is 652. The summed E-state index contributed by atoms with van der Waals surface area (Å²) in [6, 6.07) is 14.1. The molecule has 0 radical (unpaired) electrons. The molecule has 2 aromatic rings. The Morgan fingerprint density at radius 2 is 2.09 bits per heavy atom. The summed E-state index contributed by atoms with van der Waals surface area (Å²) in [5, 5.41) is 11.4. The lowest BCUT2D eigenvalue weighted by Crippen LogP contribution is -2.43. The van der Waals surface area contributed by atoms with Crippen molar-refractivity contribution in [2.75, 3.05) is 31.6 Å². The summed E-state index contributed by atoms with van der Waals surface area (Å²) in [7, 11) is 1.98. The Balaban J connectivity index is 1.60. The summed E-state index contributed by atoms with van der Waals surface area (Å²) >= 11 is 5.95. The van der Waals surface area contributed by atoms with Crippen molar-refractivity contribution >= 4 is 17.3 Å². The van der Waals surface area contributed by atoms with Gasteiger partial charge in [0.05, 0.1) is 5.60 Å². The summed E-state index contributed by atoms with van der Waals surface area (Å²) in [5.74, 6) is 0. The van der Waals surface area contributed by atoms with Gasteiger partial charge in [-0.3, -0.25) is 4.90 Å². The van der Waals surface area contributed by atoms with Crippen molar-refractivity contribution in [2.45, 2.75) is 18.6 Å². The number of likely N-dealkylation sites (N-methyl/N-ethyl adjacent to an activating group) is 1. The number of pyridine rings is 1. The molecule has 1 aliphatic heterocycles. The summed E-state index contributed by atoms with van der Waals surface area (Å²) in [6.07, 6.45) is 2.47. The third-order valence-electron chi connectivity index (χ3n) is 4.34. The maximum absolute atomic E-state index is 10.9. The van der Waals surface area contributed by atoms with E-state index in [-0.39, 0.29) is 0 Å². The minimum atomic E-state index is -0.695. The van der Waals surface area contributed by atoms with Gasteiger partial charge >= 0.3 is 0 Å². The van der Waals surface area contributed by atoms with E-state index in [2.05, 4.69) is 34.1 Å². The van der Waals surface area contributed by atoms with Crippen LogP contribution in [0.4, 0.5) is 5.69 Å². The van der Waals surface area contributed by atoms with Gasteiger partial charge < -0.3 is 10.0 Å². The Morgan fingerprint density at radius 3 is 2.83 bits per heavy atom. The lowest BCUT2D eigenvalue weighted by atomic mass is 10.0. The number of aromatic nitrogens is 1. The molecule has 2 heterocycles. The maximum Gasteiger partial charge on any atom is 0.131 e. The Kier molecular flexibility index (Phi) is 4.85. The highest BCUT2D eigenvalue weighted by Crippen LogP contribution is 2.26. The molecule has 0 saturated carbocycles. The van der Waals surface area contributed by atoms with Crippen LogP contribution in [0.3, 0.4) is 0 Å². The lowest BCUT2D eigenvalue weighted by molar-refractivity contribution is 0.0562. The van der Waals surface area contributed by atoms with Crippen LogP contribution in [0.5, 0.6) is 0 Å². The second-order valence-electron chi connectivity index (χ2n) is 6.36. The van der Waals surface area contributed by atoms with E-state index in [4.69, 9.17) is 11.6 Å². The van der Waals surface area contributed by atoms with E-state index < -0.39 is 5.60 Å². The minimum absolute atomic E-state index is 0.471. The van der Waals surface area contributed by atoms with Crippen molar-refractivity contribution in [3.63, 3.8) is 0 Å². The van der Waals surface area contributed by atoms with Crippen molar-refractivity contribution in [1.82, 2.24) is 9.88 Å². The first-order valence-corrected chi connectivity index (χ1v) is 8.23. The van der Waals surface area contributed by atoms with Gasteiger partial charge in [-0.25, -0.2) is 4.98 Å². The van der Waals surface area contributed by atoms with E-state index in [1.165, 1.54) is 5.56 Å². The first-order chi connectivity index (χ1) is 11.0. The van der Waals surface area contributed by atoms with E-state index in [0.29, 0.717) is 18.2 Å². The summed E-state index contributed by atoms with van der Waals surface area (Å²) < 4.78 is 0. The van der Waals surface area contributed by atoms with Gasteiger partial charge in [0, 0.05) is 45.1 Å². The van der Waals surface area contributed by atoms with Crippen molar-refractivity contribution in [3.8, 4) is 0 Å². The third kappa shape index (κ3) is 4.22. The maximum atomic E-state index is 10.9. The van der Waals surface area contributed by atoms with Crippen LogP contribution in [0, 0.1) is 0 Å². The van der Waals surface area contributed by atoms with Crippen LogP contribution in [-0.2, 0) is 6.54 Å². The molecule has 1 aliphatic rings. The van der Waals surface area contributed by atoms with E-state index in [1.54, 1.807) is 6.20 Å². The molecule has 5 heteroatoms. The largest absolute Gasteiger partial charge is 0.387 e. The summed E-state index contributed by atoms with van der Waals surface area (Å²) in [5.41, 5.74) is 1.56. The quantitative estimate of drug-likeness (QED) is 0.855. The number of β-amino-alcohol motifs (C(OH)–C–C–N with tert-alkyl or cyclic N) is 1. The number of aliphatic hydroxyl groups is 1. The fourth-order valence-electron chi connectivity index (χ4n) is 3.21. The van der Waals surface area contributed by atoms with E-state index >= 15 is 0 Å². The molecule has 1 fully saturated rings. The highest BCUT2D eigenvalue weighted by atomic mass is 35.5. The Morgan fingerprint density at radius 1 is 1.30 bits per heavy atom. The molecule has 1 saturated heterocycles. The van der Waals surface area contributed by atoms with Crippen molar-refractivity contribution in [1.29, 1.82) is 0 Å². The monoisotopic (exact) mass is 331 g/mol. The molecule has 0 spiro atoms. The standard InChI is InChI=1S/C18H22ClN3O/c1-21(16-7-9-20-17(19)11-16)13-18(23)8-10-22(14-18)12-15-5-3-2-4-6-15/h2-7,9,11,23H,8,10,12-14H2,1H3. The molecule has 0 bridgehead atoms. The fraction of sp³-hybridized carbons (Fsp3) is 0.389. The van der Waals surface area contributed by atoms with Crippen LogP contribution in [0.2, 0.25) is 5.15 Å². The predicted octanol–water partition coefficient (Wildman–Crippen LogP) is 2.81. The highest BCUT2D eigenvalue weighted by Gasteiger charge is 2.37. The Hall–Kier alpha value is -1.62. The number of anilines is 1. The van der Waals surface area contributed by atoms with Crippen LogP contribution in [0.25, 0.3) is 0 Å². The SMILES string of the molecule is CN(CC1(O)CCN(Cc2ccccc2)C1)c1ccnc(Cl)c1. The first kappa shape index (κ1) is 16.2. The molecular formula is C18H22ClN3O. The smallest absolute Gasteiger partial charge is 0.131 e. The second-order valence-corrected chi connectivity index (χ2v) is 6.75. The van der Waals surface area contributed by atoms with E-state index in [1.807, 2.05) is 30.1 Å². The number of likely N-dealkylation sites (tertiary alicyclic amines) is 1. The van der Waals surface area contributed by atoms with Gasteiger partial charge in [0.25, 0.3) is 0 Å². The fourth-order valence-corrected chi connectivity index (χ4v) is 3.38. The number of hydrogen-bond acceptors (Lipinski definition) is 4. The molecule has 3 rings (SSSR count). The minimum Gasteiger partial charge on any atom is -0.387 e. The molecule has 1 unspecified atom stereocenters. The van der Waals surface area contributed by atoms with Gasteiger partial charge in [0.15, 0.2) is 0 Å². The zero-order chi connectivity index (χ0) is 16.3. The van der Waals surface area contributed by atoms with Crippen LogP contribution in [0.1, 0.15) is 12.0 Å². The number of nitrogens with zero attached hydrogens (tertiary/aromatic N) is 3. The molecule has 0 amide bonds. The Labute approximate surface area is 142 Å². The van der Waals surface area contributed by atoms with E-state index in [0.717, 1.165) is 25.2 Å². The van der Waals surface area contributed by atoms with Crippen LogP contribution in [0.15, 0.2) is 48.7 Å². The highest BCUT2D eigenvalue weighted by molar-refractivity contribution is 6.29. The van der Waals surface area contributed by atoms with Crippen LogP contribution < -0.4 is 4.90 Å². The normalized spacial score (nSPS) is 21.5. The summed E-state index contributed by atoms with van der Waals surface area (Å²) in [4.78, 5) is 8.35. The van der Waals surface area contributed by atoms with Gasteiger partial charge in [0.2, 0.25) is 0 Å². The van der Waals surface area contributed by atoms with E-state index in [9.17, 15) is 5.11 Å². The van der Waals surface area contributed by atoms with Crippen molar-refractivity contribution < 1.29 is 5.11 Å². The molecule has 122 valence electrons.